The zero-order valence-electron chi connectivity index (χ0n) is 11.1. The number of hydrogen-bond acceptors (Lipinski definition) is 5. The van der Waals surface area contributed by atoms with E-state index in [2.05, 4.69) is 5.32 Å². The number of benzene rings is 1. The molecule has 1 aliphatic rings. The lowest BCUT2D eigenvalue weighted by Gasteiger charge is -2.29. The van der Waals surface area contributed by atoms with E-state index in [1.165, 1.54) is 12.1 Å². The Bertz CT molecular complexity index is 506. The number of hydrogen-bond donors (Lipinski definition) is 2. The third-order valence-electron chi connectivity index (χ3n) is 3.28. The average molecular weight is 278 g/mol. The number of carbonyl (C=O) groups is 1. The van der Waals surface area contributed by atoms with E-state index < -0.39 is 4.92 Å². The number of piperidine rings is 1. The Hall–Kier alpha value is -1.99. The van der Waals surface area contributed by atoms with Crippen molar-refractivity contribution in [3.8, 4) is 0 Å². The molecule has 1 aromatic carbocycles. The third kappa shape index (κ3) is 3.75. The van der Waals surface area contributed by atoms with E-state index in [-0.39, 0.29) is 29.9 Å². The maximum absolute atomic E-state index is 11.9. The van der Waals surface area contributed by atoms with Crippen molar-refractivity contribution < 1.29 is 9.72 Å². The van der Waals surface area contributed by atoms with Crippen molar-refractivity contribution in [2.45, 2.75) is 18.9 Å². The van der Waals surface area contributed by atoms with Crippen molar-refractivity contribution in [3.05, 3.63) is 34.4 Å². The Labute approximate surface area is 116 Å². The van der Waals surface area contributed by atoms with Gasteiger partial charge in [0, 0.05) is 18.7 Å². The molecule has 0 aromatic heterocycles. The number of nitro groups is 1. The molecule has 1 amide bonds. The van der Waals surface area contributed by atoms with Gasteiger partial charge in [-0.25, -0.2) is 0 Å². The fourth-order valence-corrected chi connectivity index (χ4v) is 2.37. The van der Waals surface area contributed by atoms with Crippen molar-refractivity contribution in [2.24, 2.45) is 5.73 Å². The van der Waals surface area contributed by atoms with Gasteiger partial charge in [0.2, 0.25) is 5.91 Å². The highest BCUT2D eigenvalue weighted by Crippen LogP contribution is 2.23. The molecule has 3 N–H and O–H groups in total. The van der Waals surface area contributed by atoms with Crippen molar-refractivity contribution in [1.82, 2.24) is 4.90 Å². The summed E-state index contributed by atoms with van der Waals surface area (Å²) in [5.74, 6) is -0.256. The Morgan fingerprint density at radius 1 is 1.50 bits per heavy atom. The summed E-state index contributed by atoms with van der Waals surface area (Å²) in [7, 11) is 0. The molecule has 1 aromatic rings. The molecule has 0 unspecified atom stereocenters. The minimum absolute atomic E-state index is 0.0996. The molecule has 1 heterocycles. The zero-order chi connectivity index (χ0) is 14.5. The largest absolute Gasteiger partial charge is 0.327 e. The minimum Gasteiger partial charge on any atom is -0.327 e. The molecule has 7 nitrogen and oxygen atoms in total. The quantitative estimate of drug-likeness (QED) is 0.631. The molecular weight excluding hydrogens is 260 g/mol. The Balaban J connectivity index is 1.96. The van der Waals surface area contributed by atoms with Gasteiger partial charge in [0.05, 0.1) is 11.5 Å². The Morgan fingerprint density at radius 3 is 2.95 bits per heavy atom. The summed E-state index contributed by atoms with van der Waals surface area (Å²) in [6.45, 7) is 1.72. The van der Waals surface area contributed by atoms with Crippen LogP contribution in [-0.2, 0) is 4.79 Å². The Kier molecular flexibility index (Phi) is 4.65. The van der Waals surface area contributed by atoms with E-state index >= 15 is 0 Å². The van der Waals surface area contributed by atoms with Crippen molar-refractivity contribution in [1.29, 1.82) is 0 Å². The van der Waals surface area contributed by atoms with Gasteiger partial charge in [-0.2, -0.15) is 0 Å². The molecule has 0 saturated carbocycles. The number of nitro benzene ring substituents is 1. The van der Waals surface area contributed by atoms with Crippen molar-refractivity contribution in [3.63, 3.8) is 0 Å². The van der Waals surface area contributed by atoms with Crippen LogP contribution in [0.25, 0.3) is 0 Å². The van der Waals surface area contributed by atoms with Crippen LogP contribution in [0.1, 0.15) is 12.8 Å². The number of likely N-dealkylation sites (tertiary alicyclic amines) is 1. The molecule has 2 rings (SSSR count). The highest BCUT2D eigenvalue weighted by atomic mass is 16.6. The second kappa shape index (κ2) is 6.44. The topological polar surface area (TPSA) is 102 Å². The molecule has 1 saturated heterocycles. The summed E-state index contributed by atoms with van der Waals surface area (Å²) in [6.07, 6.45) is 1.95. The standard InChI is InChI=1S/C13H18N4O3/c14-10-4-3-7-16(8-10)9-13(18)15-11-5-1-2-6-12(11)17(19)20/h1-2,5-6,10H,3-4,7-9,14H2,(H,15,18)/t10-/m1/s1. The summed E-state index contributed by atoms with van der Waals surface area (Å²) in [5.41, 5.74) is 5.98. The van der Waals surface area contributed by atoms with Gasteiger partial charge >= 0.3 is 0 Å². The predicted octanol–water partition coefficient (Wildman–Crippen LogP) is 0.956. The summed E-state index contributed by atoms with van der Waals surface area (Å²) < 4.78 is 0. The first kappa shape index (κ1) is 14.4. The van der Waals surface area contributed by atoms with Crippen molar-refractivity contribution in [2.75, 3.05) is 25.0 Å². The van der Waals surface area contributed by atoms with Crippen LogP contribution in [0.5, 0.6) is 0 Å². The number of anilines is 1. The lowest BCUT2D eigenvalue weighted by molar-refractivity contribution is -0.383. The average Bonchev–Trinajstić information content (AvgIpc) is 2.38. The van der Waals surface area contributed by atoms with Gasteiger partial charge in [0.1, 0.15) is 5.69 Å². The zero-order valence-corrected chi connectivity index (χ0v) is 11.1. The first-order valence-corrected chi connectivity index (χ1v) is 6.57. The van der Waals surface area contributed by atoms with E-state index in [0.717, 1.165) is 19.4 Å². The number of nitrogens with two attached hydrogens (primary N) is 1. The minimum atomic E-state index is -0.508. The SMILES string of the molecule is N[C@@H]1CCCN(CC(=O)Nc2ccccc2[N+](=O)[O-])C1. The molecule has 0 radical (unpaired) electrons. The number of amides is 1. The second-order valence-electron chi connectivity index (χ2n) is 4.96. The van der Waals surface area contributed by atoms with Gasteiger partial charge in [-0.05, 0) is 25.5 Å². The molecule has 1 atom stereocenters. The molecular formula is C13H18N4O3. The number of nitrogens with zero attached hydrogens (tertiary/aromatic N) is 2. The second-order valence-corrected chi connectivity index (χ2v) is 4.96. The van der Waals surface area contributed by atoms with E-state index in [1.807, 2.05) is 4.90 Å². The molecule has 20 heavy (non-hydrogen) atoms. The first-order chi connectivity index (χ1) is 9.56. The monoisotopic (exact) mass is 278 g/mol. The van der Waals surface area contributed by atoms with Gasteiger partial charge < -0.3 is 11.1 Å². The van der Waals surface area contributed by atoms with Gasteiger partial charge in [0.15, 0.2) is 0 Å². The number of rotatable bonds is 4. The number of nitrogens with one attached hydrogen (secondary N) is 1. The van der Waals surface area contributed by atoms with Crippen LogP contribution in [0.3, 0.4) is 0 Å². The summed E-state index contributed by atoms with van der Waals surface area (Å²) in [5, 5.41) is 13.5. The van der Waals surface area contributed by atoms with E-state index in [4.69, 9.17) is 5.73 Å². The van der Waals surface area contributed by atoms with E-state index in [0.29, 0.717) is 6.54 Å². The molecule has 0 spiro atoms. The van der Waals surface area contributed by atoms with Crippen LogP contribution in [0.2, 0.25) is 0 Å². The smallest absolute Gasteiger partial charge is 0.292 e. The maximum atomic E-state index is 11.9. The molecule has 1 fully saturated rings. The van der Waals surface area contributed by atoms with Crippen LogP contribution in [0, 0.1) is 10.1 Å². The number of para-hydroxylation sites is 2. The normalized spacial score (nSPS) is 19.6. The fraction of sp³-hybridized carbons (Fsp3) is 0.462. The molecule has 0 bridgehead atoms. The Morgan fingerprint density at radius 2 is 2.25 bits per heavy atom. The van der Waals surface area contributed by atoms with Gasteiger partial charge in [-0.1, -0.05) is 12.1 Å². The fourth-order valence-electron chi connectivity index (χ4n) is 2.37. The molecule has 1 aliphatic heterocycles. The van der Waals surface area contributed by atoms with Crippen molar-refractivity contribution >= 4 is 17.3 Å². The molecule has 0 aliphatic carbocycles. The number of carbonyl (C=O) groups excluding carboxylic acids is 1. The summed E-state index contributed by atoms with van der Waals surface area (Å²) >= 11 is 0. The van der Waals surface area contributed by atoms with Crippen LogP contribution in [0.15, 0.2) is 24.3 Å². The van der Waals surface area contributed by atoms with Gasteiger partial charge in [-0.15, -0.1) is 0 Å². The van der Waals surface area contributed by atoms with Crippen LogP contribution >= 0.6 is 0 Å². The lowest BCUT2D eigenvalue weighted by Crippen LogP contribution is -2.45. The third-order valence-corrected chi connectivity index (χ3v) is 3.28. The highest BCUT2D eigenvalue weighted by Gasteiger charge is 2.20. The lowest BCUT2D eigenvalue weighted by atomic mass is 10.1. The first-order valence-electron chi connectivity index (χ1n) is 6.57. The highest BCUT2D eigenvalue weighted by molar-refractivity contribution is 5.94. The van der Waals surface area contributed by atoms with Gasteiger partial charge in [0.25, 0.3) is 5.69 Å². The predicted molar refractivity (Wildman–Crippen MR) is 75.4 cm³/mol. The van der Waals surface area contributed by atoms with Crippen LogP contribution < -0.4 is 11.1 Å². The summed E-state index contributed by atoms with van der Waals surface area (Å²) in [6, 6.07) is 6.21. The molecule has 7 heteroatoms. The maximum Gasteiger partial charge on any atom is 0.292 e. The van der Waals surface area contributed by atoms with E-state index in [1.54, 1.807) is 12.1 Å². The van der Waals surface area contributed by atoms with Crippen LogP contribution in [-0.4, -0.2) is 41.4 Å². The van der Waals surface area contributed by atoms with E-state index in [9.17, 15) is 14.9 Å². The van der Waals surface area contributed by atoms with Crippen LogP contribution in [0.4, 0.5) is 11.4 Å². The summed E-state index contributed by atoms with van der Waals surface area (Å²) in [4.78, 5) is 24.3. The van der Waals surface area contributed by atoms with Gasteiger partial charge in [-0.3, -0.25) is 19.8 Å². The molecule has 108 valence electrons.